The predicted octanol–water partition coefficient (Wildman–Crippen LogP) is 1.97. The van der Waals surface area contributed by atoms with Crippen LogP contribution in [0.1, 0.15) is 18.1 Å². The van der Waals surface area contributed by atoms with E-state index in [9.17, 15) is 0 Å². The summed E-state index contributed by atoms with van der Waals surface area (Å²) in [7, 11) is 2.02. The Morgan fingerprint density at radius 2 is 1.80 bits per heavy atom. The van der Waals surface area contributed by atoms with E-state index in [0.717, 1.165) is 13.0 Å². The van der Waals surface area contributed by atoms with Crippen LogP contribution in [0, 0.1) is 0 Å². The van der Waals surface area contributed by atoms with Crippen molar-refractivity contribution in [1.82, 2.24) is 4.90 Å². The second kappa shape index (κ2) is 5.83. The molecular formula is C12H18N2S. The monoisotopic (exact) mass is 222 g/mol. The normalized spacial score (nSPS) is 10.6. The molecular weight excluding hydrogens is 204 g/mol. The van der Waals surface area contributed by atoms with Crippen molar-refractivity contribution in [2.45, 2.75) is 19.9 Å². The number of nitrogens with two attached hydrogens (primary N) is 1. The van der Waals surface area contributed by atoms with E-state index in [4.69, 9.17) is 18.0 Å². The highest BCUT2D eigenvalue weighted by Gasteiger charge is 2.01. The van der Waals surface area contributed by atoms with Crippen LogP contribution in [0.15, 0.2) is 24.3 Å². The summed E-state index contributed by atoms with van der Waals surface area (Å²) in [6.07, 6.45) is 1.09. The van der Waals surface area contributed by atoms with Crippen LogP contribution < -0.4 is 5.73 Å². The molecule has 3 heteroatoms. The van der Waals surface area contributed by atoms with Gasteiger partial charge in [0.1, 0.15) is 0 Å². The van der Waals surface area contributed by atoms with Crippen LogP contribution in [0.3, 0.4) is 0 Å². The van der Waals surface area contributed by atoms with Crippen LogP contribution in [-0.2, 0) is 13.0 Å². The predicted molar refractivity (Wildman–Crippen MR) is 68.9 cm³/mol. The van der Waals surface area contributed by atoms with Gasteiger partial charge in [-0.25, -0.2) is 0 Å². The molecule has 0 aromatic heterocycles. The second-order valence-electron chi connectivity index (χ2n) is 3.81. The molecule has 1 rings (SSSR count). The number of aryl methyl sites for hydroxylation is 1. The largest absolute Gasteiger partial charge is 0.392 e. The Balaban J connectivity index is 2.53. The Bertz CT molecular complexity index is 319. The first-order chi connectivity index (χ1) is 7.11. The molecule has 0 bridgehead atoms. The van der Waals surface area contributed by atoms with Gasteiger partial charge in [0.2, 0.25) is 0 Å². The van der Waals surface area contributed by atoms with Crippen molar-refractivity contribution in [3.63, 3.8) is 0 Å². The summed E-state index contributed by atoms with van der Waals surface area (Å²) in [6.45, 7) is 3.72. The van der Waals surface area contributed by atoms with Crippen molar-refractivity contribution in [2.24, 2.45) is 5.73 Å². The molecule has 0 saturated carbocycles. The van der Waals surface area contributed by atoms with E-state index >= 15 is 0 Å². The molecule has 2 N–H and O–H groups in total. The Morgan fingerprint density at radius 3 is 2.27 bits per heavy atom. The number of thiocarbonyl (C=S) groups is 1. The quantitative estimate of drug-likeness (QED) is 0.772. The molecule has 82 valence electrons. The number of likely N-dealkylation sites (N-methyl/N-ethyl adjacent to an activating group) is 1. The summed E-state index contributed by atoms with van der Waals surface area (Å²) in [6, 6.07) is 8.66. The van der Waals surface area contributed by atoms with Crippen molar-refractivity contribution >= 4 is 17.2 Å². The van der Waals surface area contributed by atoms with Crippen molar-refractivity contribution in [3.05, 3.63) is 35.4 Å². The van der Waals surface area contributed by atoms with Crippen molar-refractivity contribution < 1.29 is 0 Å². The molecule has 1 aromatic carbocycles. The molecule has 2 nitrogen and oxygen atoms in total. The van der Waals surface area contributed by atoms with E-state index < -0.39 is 0 Å². The first kappa shape index (κ1) is 12.1. The molecule has 0 unspecified atom stereocenters. The van der Waals surface area contributed by atoms with E-state index in [1.807, 2.05) is 7.05 Å². The topological polar surface area (TPSA) is 29.3 Å². The minimum atomic E-state index is 0.544. The molecule has 0 aliphatic rings. The van der Waals surface area contributed by atoms with Gasteiger partial charge in [0.25, 0.3) is 0 Å². The van der Waals surface area contributed by atoms with Gasteiger partial charge in [0, 0.05) is 13.1 Å². The van der Waals surface area contributed by atoms with Gasteiger partial charge in [-0.3, -0.25) is 4.90 Å². The summed E-state index contributed by atoms with van der Waals surface area (Å²) in [5, 5.41) is 0. The van der Waals surface area contributed by atoms with Crippen LogP contribution in [0.4, 0.5) is 0 Å². The summed E-state index contributed by atoms with van der Waals surface area (Å²) < 4.78 is 0. The first-order valence-electron chi connectivity index (χ1n) is 5.16. The van der Waals surface area contributed by atoms with Crippen LogP contribution in [0.2, 0.25) is 0 Å². The average Bonchev–Trinajstić information content (AvgIpc) is 2.17. The lowest BCUT2D eigenvalue weighted by Gasteiger charge is -2.15. The number of hydrogen-bond donors (Lipinski definition) is 1. The van der Waals surface area contributed by atoms with Gasteiger partial charge < -0.3 is 5.73 Å². The maximum absolute atomic E-state index is 5.48. The van der Waals surface area contributed by atoms with Crippen LogP contribution >= 0.6 is 12.2 Å². The zero-order valence-electron chi connectivity index (χ0n) is 9.36. The maximum atomic E-state index is 5.48. The summed E-state index contributed by atoms with van der Waals surface area (Å²) in [5.41, 5.74) is 8.15. The minimum Gasteiger partial charge on any atom is -0.392 e. The Morgan fingerprint density at radius 1 is 1.27 bits per heavy atom. The summed E-state index contributed by atoms with van der Waals surface area (Å²) in [4.78, 5) is 2.66. The van der Waals surface area contributed by atoms with E-state index in [1.165, 1.54) is 11.1 Å². The summed E-state index contributed by atoms with van der Waals surface area (Å²) >= 11 is 4.86. The molecule has 0 aliphatic heterocycles. The van der Waals surface area contributed by atoms with Gasteiger partial charge in [-0.15, -0.1) is 0 Å². The van der Waals surface area contributed by atoms with Crippen LogP contribution in [0.25, 0.3) is 0 Å². The highest BCUT2D eigenvalue weighted by molar-refractivity contribution is 7.80. The second-order valence-corrected chi connectivity index (χ2v) is 4.33. The zero-order valence-corrected chi connectivity index (χ0v) is 10.2. The lowest BCUT2D eigenvalue weighted by molar-refractivity contribution is 0.374. The van der Waals surface area contributed by atoms with E-state index in [2.05, 4.69) is 36.1 Å². The Hall–Kier alpha value is -0.930. The molecule has 0 heterocycles. The molecule has 0 spiro atoms. The molecule has 0 aliphatic carbocycles. The highest BCUT2D eigenvalue weighted by atomic mass is 32.1. The molecule has 0 amide bonds. The van der Waals surface area contributed by atoms with Crippen LogP contribution in [0.5, 0.6) is 0 Å². The van der Waals surface area contributed by atoms with E-state index in [-0.39, 0.29) is 0 Å². The fourth-order valence-corrected chi connectivity index (χ4v) is 1.73. The molecule has 1 aromatic rings. The minimum absolute atomic E-state index is 0.544. The number of hydrogen-bond acceptors (Lipinski definition) is 2. The van der Waals surface area contributed by atoms with Gasteiger partial charge >= 0.3 is 0 Å². The molecule has 0 radical (unpaired) electrons. The molecule has 15 heavy (non-hydrogen) atoms. The van der Waals surface area contributed by atoms with Gasteiger partial charge in [-0.1, -0.05) is 43.4 Å². The molecule has 0 saturated heterocycles. The third-order valence-electron chi connectivity index (χ3n) is 2.31. The SMILES string of the molecule is CCc1ccc(CN(C)CC(N)=S)cc1. The highest BCUT2D eigenvalue weighted by Crippen LogP contribution is 2.06. The zero-order chi connectivity index (χ0) is 11.3. The molecule has 0 atom stereocenters. The van der Waals surface area contributed by atoms with Gasteiger partial charge in [-0.05, 0) is 24.6 Å². The van der Waals surface area contributed by atoms with Crippen molar-refractivity contribution in [2.75, 3.05) is 13.6 Å². The Kier molecular flexibility index (Phi) is 4.72. The standard InChI is InChI=1S/C12H18N2S/c1-3-10-4-6-11(7-5-10)8-14(2)9-12(13)15/h4-7H,3,8-9H2,1-2H3,(H2,13,15). The van der Waals surface area contributed by atoms with Crippen molar-refractivity contribution in [3.8, 4) is 0 Å². The van der Waals surface area contributed by atoms with Gasteiger partial charge in [-0.2, -0.15) is 0 Å². The van der Waals surface area contributed by atoms with E-state index in [1.54, 1.807) is 0 Å². The number of benzene rings is 1. The Labute approximate surface area is 97.1 Å². The third-order valence-corrected chi connectivity index (χ3v) is 2.44. The summed E-state index contributed by atoms with van der Waals surface area (Å²) in [5.74, 6) is 0. The number of nitrogens with zero attached hydrogens (tertiary/aromatic N) is 1. The molecule has 0 fully saturated rings. The first-order valence-corrected chi connectivity index (χ1v) is 5.57. The fourth-order valence-electron chi connectivity index (χ4n) is 1.51. The van der Waals surface area contributed by atoms with E-state index in [0.29, 0.717) is 11.5 Å². The lowest BCUT2D eigenvalue weighted by atomic mass is 10.1. The van der Waals surface area contributed by atoms with Gasteiger partial charge in [0.05, 0.1) is 4.99 Å². The fraction of sp³-hybridized carbons (Fsp3) is 0.417. The third kappa shape index (κ3) is 4.40. The average molecular weight is 222 g/mol. The number of rotatable bonds is 5. The van der Waals surface area contributed by atoms with Gasteiger partial charge in [0.15, 0.2) is 0 Å². The smallest absolute Gasteiger partial charge is 0.0870 e. The lowest BCUT2D eigenvalue weighted by Crippen LogP contribution is -2.28. The van der Waals surface area contributed by atoms with Crippen molar-refractivity contribution in [1.29, 1.82) is 0 Å². The van der Waals surface area contributed by atoms with Crippen LogP contribution in [-0.4, -0.2) is 23.5 Å². The maximum Gasteiger partial charge on any atom is 0.0870 e.